The third kappa shape index (κ3) is 25.9. The number of primary amides is 1. The molecule has 20 N–H and O–H groups in total. The van der Waals surface area contributed by atoms with Crippen LogP contribution >= 0.6 is 7.82 Å². The molecule has 2 amide bonds. The summed E-state index contributed by atoms with van der Waals surface area (Å²) >= 11 is 0. The zero-order chi connectivity index (χ0) is 76.9. The minimum absolute atomic E-state index is 0. The summed E-state index contributed by atoms with van der Waals surface area (Å²) in [6, 6.07) is -4.34. The molecule has 2 radical (unpaired) electrons. The first-order chi connectivity index (χ1) is 48.1. The summed E-state index contributed by atoms with van der Waals surface area (Å²) < 4.78 is 81.9. The molecule has 0 saturated carbocycles. The second kappa shape index (κ2) is 42.7. The van der Waals surface area contributed by atoms with Crippen molar-refractivity contribution in [3.63, 3.8) is 0 Å². The minimum atomic E-state index is -5.80. The summed E-state index contributed by atoms with van der Waals surface area (Å²) in [5.41, 5.74) is 24.8. The van der Waals surface area contributed by atoms with Crippen molar-refractivity contribution in [1.29, 1.82) is 0 Å². The van der Waals surface area contributed by atoms with E-state index in [0.29, 0.717) is 12.8 Å². The van der Waals surface area contributed by atoms with Gasteiger partial charge in [-0.15, -0.1) is 0 Å². The van der Waals surface area contributed by atoms with Crippen LogP contribution in [0.15, 0.2) is 70.7 Å². The average Bonchev–Trinajstić information content (AvgIpc) is 1.23. The SMILES string of the molecule is C=C(C/C=C(\C)CCC=C(C)C)CCC(C)(C)/C=C\CC/C(C)=C\COC(COP(=O)(O)OC1OC(C(N)=O)C(C)(O)C(C(=O)ON)C1OC1OC(COC2OC(CO)C(O)C(O)C2O)C(OC2OC(C)C(OC3OC(C(=O)NC4=C(O)CCC4=O)C(O)C(O)C3O)C(O)C2[NH-])C(O)C1[NH-])C(=O)O.[Ac].[Ac]. The molecule has 40 heteroatoms. The molecule has 6 rings (SSSR count). The number of hydrogen-bond acceptors (Lipinski definition) is 31. The summed E-state index contributed by atoms with van der Waals surface area (Å²) in [5, 5.41) is 132. The number of phosphoric acid groups is 1. The van der Waals surface area contributed by atoms with Crippen molar-refractivity contribution in [3.8, 4) is 0 Å². The van der Waals surface area contributed by atoms with Crippen molar-refractivity contribution >= 4 is 37.4 Å². The summed E-state index contributed by atoms with van der Waals surface area (Å²) in [6.07, 6.45) is -30.2. The Labute approximate surface area is 678 Å². The third-order valence-electron chi connectivity index (χ3n) is 18.4. The molecule has 27 atom stereocenters. The van der Waals surface area contributed by atoms with Gasteiger partial charge in [0.1, 0.15) is 103 Å². The van der Waals surface area contributed by atoms with E-state index < -0.39 is 227 Å². The summed E-state index contributed by atoms with van der Waals surface area (Å²) in [7, 11) is -5.80. The molecule has 0 bridgehead atoms. The topological polar surface area (TPSA) is 597 Å². The maximum atomic E-state index is 13.9. The normalized spacial score (nSPS) is 36.5. The number of ether oxygens (including phenoxy) is 10. The zero-order valence-electron chi connectivity index (χ0n) is 59.5. The second-order valence-electron chi connectivity index (χ2n) is 27.5. The number of allylic oxidation sites excluding steroid dienone is 10. The maximum Gasteiger partial charge on any atom is 0.474 e. The van der Waals surface area contributed by atoms with Gasteiger partial charge in [-0.25, -0.2) is 14.2 Å². The Morgan fingerprint density at radius 3 is 1.94 bits per heavy atom. The van der Waals surface area contributed by atoms with Gasteiger partial charge in [0.15, 0.2) is 43.0 Å². The fourth-order valence-electron chi connectivity index (χ4n) is 12.0. The fraction of sp³-hybridized carbons (Fsp3) is 0.738. The maximum absolute atomic E-state index is 13.9. The monoisotopic (exact) mass is 1950 g/mol. The number of carboxylic acid groups (broad SMARTS) is 1. The van der Waals surface area contributed by atoms with Crippen molar-refractivity contribution in [2.24, 2.45) is 23.0 Å². The summed E-state index contributed by atoms with van der Waals surface area (Å²) in [6.45, 7) is 15.1. The van der Waals surface area contributed by atoms with E-state index >= 15 is 0 Å². The standard InChI is InChI=1S/C65H102N5O32P.2Ac/c1-28(2)13-12-15-29(3)16-17-31(5)20-23-64(7,8)22-11-10-14-30(4)21-24-90-37(57(84)85)27-92-103(88,89)102-63-52(38(58(86)101-69)65(9,87)54(100-63)55(68)82)98-60-40(67)44(76)51(36(95-60)26-91-61-48(80)45(77)42(74)35(25-71)94-61)97-59-39(66)43(75)50(32(6)93-59)96-62-49(81)46(78)47(79)53(99-62)56(83)70-41-33(72)18-19-34(41)73;;/h11,13,16,21-22,32,35-40,42-54,59-63,66-67,71-72,74-81,87H,5,10,12,14-15,17-20,23-27,69H2,1-4,6-9H3,(H2,68,82)(H,70,83)(H,84,85)(H,88,89);;/q-2;;/b22-11-,29-16+,30-21-;;. The number of carbonyl (C=O) groups excluding carboxylic acids is 4. The van der Waals surface area contributed by atoms with E-state index in [1.54, 1.807) is 13.0 Å². The van der Waals surface area contributed by atoms with E-state index in [9.17, 15) is 100 Å². The number of aliphatic hydroxyl groups is 11. The molecule has 0 spiro atoms. The number of nitrogens with two attached hydrogens (primary N) is 2. The van der Waals surface area contributed by atoms with Crippen LogP contribution in [0.4, 0.5) is 0 Å². The second-order valence-corrected chi connectivity index (χ2v) is 28.9. The zero-order valence-corrected chi connectivity index (χ0v) is 69.9. The molecule has 5 saturated heterocycles. The van der Waals surface area contributed by atoms with Crippen LogP contribution in [0.5, 0.6) is 0 Å². The first-order valence-corrected chi connectivity index (χ1v) is 35.0. The van der Waals surface area contributed by atoms with Crippen molar-refractivity contribution in [1.82, 2.24) is 5.32 Å². The van der Waals surface area contributed by atoms with Gasteiger partial charge in [0.2, 0.25) is 5.91 Å². The van der Waals surface area contributed by atoms with E-state index in [-0.39, 0.29) is 113 Å². The summed E-state index contributed by atoms with van der Waals surface area (Å²) in [5.74, 6) is -4.46. The molecule has 1 aliphatic carbocycles. The first kappa shape index (κ1) is 95.2. The van der Waals surface area contributed by atoms with Gasteiger partial charge in [0.05, 0.1) is 44.7 Å². The van der Waals surface area contributed by atoms with Crippen LogP contribution in [0, 0.1) is 99.5 Å². The van der Waals surface area contributed by atoms with Crippen molar-refractivity contribution < 1.29 is 244 Å². The molecule has 0 aromatic carbocycles. The molecule has 0 aromatic rings. The van der Waals surface area contributed by atoms with Crippen molar-refractivity contribution in [3.05, 3.63) is 82.2 Å². The van der Waals surface area contributed by atoms with Crippen molar-refractivity contribution in [2.75, 3.05) is 26.4 Å². The van der Waals surface area contributed by atoms with E-state index in [0.717, 1.165) is 50.2 Å². The smallest absolute Gasteiger partial charge is 0.474 e. The van der Waals surface area contributed by atoms with Crippen LogP contribution in [0.25, 0.3) is 11.5 Å². The van der Waals surface area contributed by atoms with Crippen LogP contribution < -0.4 is 16.9 Å². The Hall–Kier alpha value is -2.14. The molecule has 37 nitrogen and oxygen atoms in total. The first-order valence-electron chi connectivity index (χ1n) is 33.5. The average molecular weight is 1950 g/mol. The number of aliphatic carboxylic acids is 1. The van der Waals surface area contributed by atoms with Gasteiger partial charge < -0.3 is 141 Å². The number of hydrogen-bond donors (Lipinski definition) is 16. The Morgan fingerprint density at radius 1 is 0.762 bits per heavy atom. The predicted molar refractivity (Wildman–Crippen MR) is 352 cm³/mol. The minimum Gasteiger partial charge on any atom is -0.668 e. The number of carboxylic acids is 1. The Kier molecular flexibility index (Phi) is 38.7. The van der Waals surface area contributed by atoms with Gasteiger partial charge in [-0.2, -0.15) is 5.90 Å². The number of aliphatic hydroxyl groups excluding tert-OH is 10. The van der Waals surface area contributed by atoms with Gasteiger partial charge in [0, 0.05) is 101 Å². The van der Waals surface area contributed by atoms with Crippen LogP contribution in [-0.2, 0) is 89.8 Å². The number of rotatable bonds is 35. The predicted octanol–water partition coefficient (Wildman–Crippen LogP) is -0.626. The fourth-order valence-corrected chi connectivity index (χ4v) is 12.9. The Morgan fingerprint density at radius 2 is 1.34 bits per heavy atom. The third-order valence-corrected chi connectivity index (χ3v) is 19.3. The number of Topliss-reactive ketones (excluding diaryl/α,β-unsaturated/α-hetero) is 1. The molecule has 27 unspecified atom stereocenters. The van der Waals surface area contributed by atoms with E-state index in [1.165, 1.54) is 18.1 Å². The van der Waals surface area contributed by atoms with E-state index in [1.807, 2.05) is 6.08 Å². The van der Waals surface area contributed by atoms with E-state index in [4.69, 9.17) is 73.8 Å². The van der Waals surface area contributed by atoms with Gasteiger partial charge in [-0.3, -0.25) is 23.4 Å². The van der Waals surface area contributed by atoms with Gasteiger partial charge >= 0.3 is 19.8 Å². The van der Waals surface area contributed by atoms with E-state index in [2.05, 4.69) is 69.6 Å². The Bertz CT molecular complexity index is 3120. The molecule has 592 valence electrons. The van der Waals surface area contributed by atoms with Gasteiger partial charge in [0.25, 0.3) is 5.91 Å². The molecule has 6 aliphatic rings. The molecule has 0 aromatic heterocycles. The number of ketones is 1. The number of amides is 2. The quantitative estimate of drug-likeness (QED) is 0.0213. The van der Waals surface area contributed by atoms with Gasteiger partial charge in [-0.05, 0) is 91.9 Å². The molecule has 5 heterocycles. The van der Waals surface area contributed by atoms with Crippen molar-refractivity contribution in [2.45, 2.75) is 266 Å². The van der Waals surface area contributed by atoms with Crippen LogP contribution in [0.2, 0.25) is 0 Å². The van der Waals surface area contributed by atoms with Crippen LogP contribution in [0.1, 0.15) is 113 Å². The van der Waals surface area contributed by atoms with Crippen LogP contribution in [-0.4, -0.2) is 275 Å². The van der Waals surface area contributed by atoms with Crippen LogP contribution in [0.3, 0.4) is 0 Å². The molecule has 5 aliphatic heterocycles. The number of phosphoric ester groups is 1. The molecule has 5 fully saturated rings. The van der Waals surface area contributed by atoms with Gasteiger partial charge in [-0.1, -0.05) is 85.2 Å². The molecular weight excluding hydrogens is 1850 g/mol. The molecule has 105 heavy (non-hydrogen) atoms. The molecular formula is C65H102Ac2N5O32P-2. The summed E-state index contributed by atoms with van der Waals surface area (Å²) in [4.78, 5) is 80.3. The number of carbonyl (C=O) groups is 5. The largest absolute Gasteiger partial charge is 0.668 e. The Balaban J connectivity index is 0.0000117. The number of nitrogens with one attached hydrogen (secondary N) is 3.